The van der Waals surface area contributed by atoms with Crippen molar-refractivity contribution in [3.05, 3.63) is 83.8 Å². The first kappa shape index (κ1) is 34.1. The third-order valence-corrected chi connectivity index (χ3v) is 8.17. The van der Waals surface area contributed by atoms with Gasteiger partial charge in [0.15, 0.2) is 0 Å². The molecular weight excluding hydrogens is 610 g/mol. The summed E-state index contributed by atoms with van der Waals surface area (Å²) >= 11 is 0. The number of ether oxygens (including phenoxy) is 2. The minimum Gasteiger partial charge on any atom is -0.465 e. The van der Waals surface area contributed by atoms with Crippen molar-refractivity contribution in [1.29, 1.82) is 0 Å². The Morgan fingerprint density at radius 1 is 1.02 bits per heavy atom. The first-order valence-electron chi connectivity index (χ1n) is 16.5. The number of amides is 2. The minimum absolute atomic E-state index is 0.0722. The SMILES string of the molecule is CCCCCCOC(=O)/N=C(\N)c1ccc(NCc2nc3cc(C(=O)N(CCC(=O)OCC4CC4)c4ccccn4)ccc3n2C)cc1. The molecule has 252 valence electrons. The monoisotopic (exact) mass is 653 g/mol. The fraction of sp³-hybridized carbons (Fsp3) is 0.389. The van der Waals surface area contributed by atoms with E-state index in [4.69, 9.17) is 20.2 Å². The van der Waals surface area contributed by atoms with Crippen LogP contribution in [-0.4, -0.2) is 58.1 Å². The lowest BCUT2D eigenvalue weighted by Crippen LogP contribution is -2.34. The van der Waals surface area contributed by atoms with E-state index in [2.05, 4.69) is 22.2 Å². The number of rotatable bonds is 16. The lowest BCUT2D eigenvalue weighted by atomic mass is 10.1. The predicted octanol–water partition coefficient (Wildman–Crippen LogP) is 5.99. The van der Waals surface area contributed by atoms with Crippen LogP contribution in [0.4, 0.5) is 16.3 Å². The first-order chi connectivity index (χ1) is 23.3. The fourth-order valence-corrected chi connectivity index (χ4v) is 5.12. The molecule has 2 heterocycles. The zero-order valence-corrected chi connectivity index (χ0v) is 27.6. The second-order valence-electron chi connectivity index (χ2n) is 11.9. The van der Waals surface area contributed by atoms with E-state index in [1.54, 1.807) is 48.7 Å². The van der Waals surface area contributed by atoms with Gasteiger partial charge in [0.2, 0.25) is 0 Å². The molecule has 0 unspecified atom stereocenters. The Morgan fingerprint density at radius 3 is 2.54 bits per heavy atom. The number of aryl methyl sites for hydroxylation is 1. The third kappa shape index (κ3) is 9.40. The number of fused-ring (bicyclic) bond motifs is 1. The van der Waals surface area contributed by atoms with Crippen molar-refractivity contribution in [3.8, 4) is 0 Å². The Kier molecular flexibility index (Phi) is 11.7. The maximum absolute atomic E-state index is 13.7. The Balaban J connectivity index is 1.20. The van der Waals surface area contributed by atoms with Crippen molar-refractivity contribution >= 4 is 46.3 Å². The summed E-state index contributed by atoms with van der Waals surface area (Å²) in [5, 5.41) is 3.36. The van der Waals surface area contributed by atoms with E-state index in [-0.39, 0.29) is 30.7 Å². The number of benzene rings is 2. The maximum atomic E-state index is 13.7. The summed E-state index contributed by atoms with van der Waals surface area (Å²) in [5.41, 5.74) is 9.44. The van der Waals surface area contributed by atoms with Crippen LogP contribution in [0, 0.1) is 5.92 Å². The molecule has 0 spiro atoms. The number of carbonyl (C=O) groups is 3. The van der Waals surface area contributed by atoms with Gasteiger partial charge in [0.25, 0.3) is 5.91 Å². The molecule has 1 aliphatic rings. The van der Waals surface area contributed by atoms with Gasteiger partial charge in [0.1, 0.15) is 17.5 Å². The number of unbranched alkanes of at least 4 members (excludes halogenated alkanes) is 3. The molecule has 48 heavy (non-hydrogen) atoms. The van der Waals surface area contributed by atoms with E-state index in [1.165, 1.54) is 4.90 Å². The summed E-state index contributed by atoms with van der Waals surface area (Å²) in [6.07, 6.45) is 7.23. The van der Waals surface area contributed by atoms with Crippen LogP contribution in [0.5, 0.6) is 0 Å². The van der Waals surface area contributed by atoms with E-state index in [0.29, 0.717) is 48.1 Å². The van der Waals surface area contributed by atoms with Crippen LogP contribution in [0.1, 0.15) is 73.6 Å². The van der Waals surface area contributed by atoms with Crippen molar-refractivity contribution in [1.82, 2.24) is 14.5 Å². The van der Waals surface area contributed by atoms with Gasteiger partial charge in [-0.15, -0.1) is 0 Å². The second kappa shape index (κ2) is 16.5. The largest absolute Gasteiger partial charge is 0.465 e. The molecule has 2 amide bonds. The summed E-state index contributed by atoms with van der Waals surface area (Å²) in [6.45, 7) is 3.47. The highest BCUT2D eigenvalue weighted by molar-refractivity contribution is 6.07. The summed E-state index contributed by atoms with van der Waals surface area (Å²) in [4.78, 5) is 52.6. The zero-order valence-electron chi connectivity index (χ0n) is 27.6. The molecule has 0 aliphatic heterocycles. The average molecular weight is 654 g/mol. The molecule has 0 atom stereocenters. The highest BCUT2D eigenvalue weighted by Gasteiger charge is 2.25. The number of imidazole rings is 1. The summed E-state index contributed by atoms with van der Waals surface area (Å²) in [6, 6.07) is 18.0. The van der Waals surface area contributed by atoms with Crippen molar-refractivity contribution in [2.45, 2.75) is 58.4 Å². The average Bonchev–Trinajstić information content (AvgIpc) is 3.88. The molecule has 12 nitrogen and oxygen atoms in total. The Bertz CT molecular complexity index is 1730. The number of esters is 1. The molecular formula is C36H43N7O5. The van der Waals surface area contributed by atoms with Crippen LogP contribution in [0.2, 0.25) is 0 Å². The van der Waals surface area contributed by atoms with E-state index >= 15 is 0 Å². The van der Waals surface area contributed by atoms with Crippen molar-refractivity contribution in [3.63, 3.8) is 0 Å². The Labute approximate surface area is 280 Å². The number of nitrogens with one attached hydrogen (secondary N) is 1. The summed E-state index contributed by atoms with van der Waals surface area (Å²) in [5.74, 6) is 1.19. The number of hydrogen-bond donors (Lipinski definition) is 2. The molecule has 3 N–H and O–H groups in total. The van der Waals surface area contributed by atoms with Crippen molar-refractivity contribution in [2.75, 3.05) is 30.0 Å². The van der Waals surface area contributed by atoms with Gasteiger partial charge in [0.05, 0.1) is 37.2 Å². The van der Waals surface area contributed by atoms with Gasteiger partial charge >= 0.3 is 12.1 Å². The number of amidine groups is 1. The normalized spacial score (nSPS) is 12.9. The first-order valence-corrected chi connectivity index (χ1v) is 16.5. The van der Waals surface area contributed by atoms with E-state index in [0.717, 1.165) is 55.6 Å². The molecule has 0 bridgehead atoms. The molecule has 1 aliphatic carbocycles. The highest BCUT2D eigenvalue weighted by Crippen LogP contribution is 2.29. The Morgan fingerprint density at radius 2 is 1.81 bits per heavy atom. The minimum atomic E-state index is -0.689. The zero-order chi connectivity index (χ0) is 33.9. The molecule has 1 fully saturated rings. The topological polar surface area (TPSA) is 154 Å². The second-order valence-corrected chi connectivity index (χ2v) is 11.9. The van der Waals surface area contributed by atoms with Gasteiger partial charge in [0, 0.05) is 36.6 Å². The molecule has 2 aromatic heterocycles. The number of nitrogens with zero attached hydrogens (tertiary/aromatic N) is 5. The smallest absolute Gasteiger partial charge is 0.435 e. The Hall–Kier alpha value is -5.26. The molecule has 5 rings (SSSR count). The fourth-order valence-electron chi connectivity index (χ4n) is 5.12. The van der Waals surface area contributed by atoms with Crippen LogP contribution in [-0.2, 0) is 27.9 Å². The number of nitrogens with two attached hydrogens (primary N) is 1. The standard InChI is InChI=1S/C36H43N7O5/c1-3-4-5-8-21-47-36(46)41-34(37)26-12-15-28(16-13-26)39-23-32-40-29-22-27(14-17-30(29)42(32)2)35(45)43(31-9-6-7-19-38-31)20-18-33(44)48-24-25-10-11-25/h6-7,9,12-17,19,22,25,39H,3-5,8,10-11,18,20-21,23-24H2,1-2H3,(H2,37,41,46). The van der Waals surface area contributed by atoms with Gasteiger partial charge in [-0.3, -0.25) is 14.5 Å². The van der Waals surface area contributed by atoms with Crippen LogP contribution >= 0.6 is 0 Å². The van der Waals surface area contributed by atoms with Gasteiger partial charge in [-0.1, -0.05) is 32.3 Å². The lowest BCUT2D eigenvalue weighted by molar-refractivity contribution is -0.143. The van der Waals surface area contributed by atoms with Gasteiger partial charge in [-0.2, -0.15) is 4.99 Å². The number of pyridine rings is 1. The van der Waals surface area contributed by atoms with Gasteiger partial charge in [-0.05, 0) is 79.8 Å². The third-order valence-electron chi connectivity index (χ3n) is 8.17. The van der Waals surface area contributed by atoms with Gasteiger partial charge < -0.3 is 25.1 Å². The highest BCUT2D eigenvalue weighted by atomic mass is 16.5. The number of aliphatic imine (C=N–C) groups is 1. The van der Waals surface area contributed by atoms with Crippen molar-refractivity contribution in [2.24, 2.45) is 23.7 Å². The molecule has 12 heteroatoms. The molecule has 1 saturated carbocycles. The van der Waals surface area contributed by atoms with E-state index < -0.39 is 6.09 Å². The van der Waals surface area contributed by atoms with E-state index in [9.17, 15) is 14.4 Å². The quantitative estimate of drug-likeness (QED) is 0.0642. The maximum Gasteiger partial charge on any atom is 0.435 e. The van der Waals surface area contributed by atoms with Crippen molar-refractivity contribution < 1.29 is 23.9 Å². The summed E-state index contributed by atoms with van der Waals surface area (Å²) in [7, 11) is 1.92. The molecule has 2 aromatic carbocycles. The predicted molar refractivity (Wildman–Crippen MR) is 185 cm³/mol. The lowest BCUT2D eigenvalue weighted by Gasteiger charge is -2.21. The molecule has 0 radical (unpaired) electrons. The number of carbonyl (C=O) groups excluding carboxylic acids is 3. The molecule has 0 saturated heterocycles. The number of hydrogen-bond acceptors (Lipinski definition) is 8. The van der Waals surface area contributed by atoms with Crippen LogP contribution in [0.25, 0.3) is 11.0 Å². The van der Waals surface area contributed by atoms with E-state index in [1.807, 2.05) is 29.8 Å². The van der Waals surface area contributed by atoms with Crippen LogP contribution < -0.4 is 16.0 Å². The van der Waals surface area contributed by atoms with Crippen LogP contribution in [0.3, 0.4) is 0 Å². The summed E-state index contributed by atoms with van der Waals surface area (Å²) < 4.78 is 12.5. The number of anilines is 2. The molecule has 4 aromatic rings. The van der Waals surface area contributed by atoms with Gasteiger partial charge in [-0.25, -0.2) is 14.8 Å². The van der Waals surface area contributed by atoms with Crippen LogP contribution in [0.15, 0.2) is 71.9 Å². The number of aromatic nitrogens is 3.